The van der Waals surface area contributed by atoms with Gasteiger partial charge in [-0.25, -0.2) is 8.78 Å². The minimum atomic E-state index is -4.17. The highest BCUT2D eigenvalue weighted by Gasteiger charge is 2.21. The highest BCUT2D eigenvalue weighted by atomic mass is 32.2. The quantitative estimate of drug-likeness (QED) is 0.651. The standard InChI is InChI=1S/C17H14F2N2O3S/c1-2-14-11-17(21(20-14)15-7-3-12(18)4-8-15)24-25(22,23)16-9-5-13(19)6-10-16/h3-11H,2H2,1H3. The number of aryl methyl sites for hydroxylation is 1. The molecular formula is C17H14F2N2O3S. The summed E-state index contributed by atoms with van der Waals surface area (Å²) in [4.78, 5) is -0.182. The molecule has 0 spiro atoms. The van der Waals surface area contributed by atoms with E-state index in [2.05, 4.69) is 5.10 Å². The van der Waals surface area contributed by atoms with Crippen molar-refractivity contribution in [1.29, 1.82) is 0 Å². The van der Waals surface area contributed by atoms with E-state index in [1.165, 1.54) is 35.0 Å². The van der Waals surface area contributed by atoms with Crippen LogP contribution in [0.15, 0.2) is 59.5 Å². The smallest absolute Gasteiger partial charge is 0.340 e. The molecule has 0 unspecified atom stereocenters. The number of hydrogen-bond donors (Lipinski definition) is 0. The summed E-state index contributed by atoms with van der Waals surface area (Å²) in [5.41, 5.74) is 1.05. The third-order valence-electron chi connectivity index (χ3n) is 3.46. The first kappa shape index (κ1) is 17.1. The van der Waals surface area contributed by atoms with Gasteiger partial charge in [0.15, 0.2) is 0 Å². The molecule has 2 aromatic carbocycles. The number of hydrogen-bond acceptors (Lipinski definition) is 4. The Morgan fingerprint density at radius 3 is 2.12 bits per heavy atom. The van der Waals surface area contributed by atoms with Crippen LogP contribution in [0.3, 0.4) is 0 Å². The molecular weight excluding hydrogens is 350 g/mol. The van der Waals surface area contributed by atoms with E-state index < -0.39 is 21.8 Å². The molecule has 0 atom stereocenters. The van der Waals surface area contributed by atoms with Crippen molar-refractivity contribution in [3.63, 3.8) is 0 Å². The van der Waals surface area contributed by atoms with E-state index in [-0.39, 0.29) is 10.8 Å². The lowest BCUT2D eigenvalue weighted by Crippen LogP contribution is -2.12. The van der Waals surface area contributed by atoms with Gasteiger partial charge in [0.25, 0.3) is 0 Å². The molecule has 0 fully saturated rings. The van der Waals surface area contributed by atoms with Crippen molar-refractivity contribution in [3.05, 3.63) is 71.9 Å². The SMILES string of the molecule is CCc1cc(OS(=O)(=O)c2ccc(F)cc2)n(-c2ccc(F)cc2)n1. The van der Waals surface area contributed by atoms with Crippen molar-refractivity contribution in [2.45, 2.75) is 18.2 Å². The van der Waals surface area contributed by atoms with Crippen molar-refractivity contribution in [2.24, 2.45) is 0 Å². The third-order valence-corrected chi connectivity index (χ3v) is 4.70. The second-order valence-electron chi connectivity index (χ2n) is 5.21. The Bertz CT molecular complexity index is 982. The summed E-state index contributed by atoms with van der Waals surface area (Å²) in [6.07, 6.45) is 0.557. The van der Waals surface area contributed by atoms with Crippen LogP contribution in [0, 0.1) is 11.6 Å². The van der Waals surface area contributed by atoms with Gasteiger partial charge in [-0.15, -0.1) is 0 Å². The monoisotopic (exact) mass is 364 g/mol. The number of nitrogens with zero attached hydrogens (tertiary/aromatic N) is 2. The third kappa shape index (κ3) is 3.69. The Balaban J connectivity index is 2.00. The van der Waals surface area contributed by atoms with Gasteiger partial charge in [0, 0.05) is 6.07 Å². The average Bonchev–Trinajstić information content (AvgIpc) is 2.98. The van der Waals surface area contributed by atoms with E-state index in [1.54, 1.807) is 0 Å². The molecule has 130 valence electrons. The van der Waals surface area contributed by atoms with E-state index in [0.717, 1.165) is 24.3 Å². The molecule has 8 heteroatoms. The summed E-state index contributed by atoms with van der Waals surface area (Å²) < 4.78 is 57.4. The number of rotatable bonds is 5. The lowest BCUT2D eigenvalue weighted by atomic mass is 10.3. The molecule has 25 heavy (non-hydrogen) atoms. The zero-order valence-corrected chi connectivity index (χ0v) is 14.0. The van der Waals surface area contributed by atoms with Crippen LogP contribution >= 0.6 is 0 Å². The van der Waals surface area contributed by atoms with Crippen LogP contribution in [0.2, 0.25) is 0 Å². The van der Waals surface area contributed by atoms with Crippen molar-refractivity contribution in [2.75, 3.05) is 0 Å². The van der Waals surface area contributed by atoms with E-state index in [1.807, 2.05) is 6.92 Å². The van der Waals surface area contributed by atoms with Gasteiger partial charge in [0.2, 0.25) is 5.88 Å². The first-order valence-corrected chi connectivity index (χ1v) is 8.85. The van der Waals surface area contributed by atoms with Gasteiger partial charge in [-0.3, -0.25) is 0 Å². The molecule has 0 aliphatic rings. The summed E-state index contributed by atoms with van der Waals surface area (Å²) in [5.74, 6) is -1.01. The topological polar surface area (TPSA) is 61.2 Å². The fourth-order valence-electron chi connectivity index (χ4n) is 2.17. The Labute approximate surface area is 143 Å². The summed E-state index contributed by atoms with van der Waals surface area (Å²) >= 11 is 0. The fraction of sp³-hybridized carbons (Fsp3) is 0.118. The maximum atomic E-state index is 13.1. The van der Waals surface area contributed by atoms with Crippen LogP contribution in [0.1, 0.15) is 12.6 Å². The molecule has 1 aromatic heterocycles. The van der Waals surface area contributed by atoms with Crippen molar-refractivity contribution >= 4 is 10.1 Å². The van der Waals surface area contributed by atoms with Crippen LogP contribution in [0.4, 0.5) is 8.78 Å². The Hall–Kier alpha value is -2.74. The first-order chi connectivity index (χ1) is 11.9. The summed E-state index contributed by atoms with van der Waals surface area (Å²) in [6, 6.07) is 11.2. The highest BCUT2D eigenvalue weighted by Crippen LogP contribution is 2.24. The summed E-state index contributed by atoms with van der Waals surface area (Å²) in [5, 5.41) is 4.27. The van der Waals surface area contributed by atoms with Crippen LogP contribution in [0.25, 0.3) is 5.69 Å². The average molecular weight is 364 g/mol. The summed E-state index contributed by atoms with van der Waals surface area (Å²) in [7, 11) is -4.17. The zero-order chi connectivity index (χ0) is 18.0. The van der Waals surface area contributed by atoms with Crippen LogP contribution in [-0.2, 0) is 16.5 Å². The van der Waals surface area contributed by atoms with Gasteiger partial charge >= 0.3 is 10.1 Å². The molecule has 0 saturated heterocycles. The predicted molar refractivity (Wildman–Crippen MR) is 87.1 cm³/mol. The number of halogens is 2. The highest BCUT2D eigenvalue weighted by molar-refractivity contribution is 7.87. The van der Waals surface area contributed by atoms with Gasteiger partial charge in [-0.1, -0.05) is 6.92 Å². The molecule has 0 N–H and O–H groups in total. The molecule has 0 aliphatic heterocycles. The molecule has 0 radical (unpaired) electrons. The van der Waals surface area contributed by atoms with Gasteiger partial charge in [-0.05, 0) is 55.0 Å². The minimum absolute atomic E-state index is 0.0345. The van der Waals surface area contributed by atoms with Crippen LogP contribution in [-0.4, -0.2) is 18.2 Å². The van der Waals surface area contributed by atoms with E-state index in [4.69, 9.17) is 4.18 Å². The van der Waals surface area contributed by atoms with Gasteiger partial charge in [0.1, 0.15) is 16.5 Å². The lowest BCUT2D eigenvalue weighted by molar-refractivity contribution is 0.464. The number of aromatic nitrogens is 2. The van der Waals surface area contributed by atoms with E-state index in [9.17, 15) is 17.2 Å². The van der Waals surface area contributed by atoms with Gasteiger partial charge < -0.3 is 4.18 Å². The van der Waals surface area contributed by atoms with E-state index in [0.29, 0.717) is 17.8 Å². The second kappa shape index (κ2) is 6.64. The Kier molecular flexibility index (Phi) is 4.54. The second-order valence-corrected chi connectivity index (χ2v) is 6.75. The molecule has 0 aliphatic carbocycles. The van der Waals surface area contributed by atoms with Crippen molar-refractivity contribution in [1.82, 2.24) is 9.78 Å². The molecule has 3 rings (SSSR count). The molecule has 0 amide bonds. The molecule has 5 nitrogen and oxygen atoms in total. The molecule has 0 bridgehead atoms. The van der Waals surface area contributed by atoms with E-state index >= 15 is 0 Å². The van der Waals surface area contributed by atoms with Gasteiger partial charge in [0.05, 0.1) is 11.4 Å². The molecule has 0 saturated carbocycles. The van der Waals surface area contributed by atoms with Crippen molar-refractivity contribution in [3.8, 4) is 11.6 Å². The molecule has 3 aromatic rings. The van der Waals surface area contributed by atoms with Crippen LogP contribution < -0.4 is 4.18 Å². The largest absolute Gasteiger partial charge is 0.358 e. The maximum absolute atomic E-state index is 13.1. The van der Waals surface area contributed by atoms with Gasteiger partial charge in [-0.2, -0.15) is 18.2 Å². The minimum Gasteiger partial charge on any atom is -0.358 e. The fourth-order valence-corrected chi connectivity index (χ4v) is 3.08. The maximum Gasteiger partial charge on any atom is 0.340 e. The first-order valence-electron chi connectivity index (χ1n) is 7.44. The lowest BCUT2D eigenvalue weighted by Gasteiger charge is -2.09. The van der Waals surface area contributed by atoms with Crippen LogP contribution in [0.5, 0.6) is 5.88 Å². The normalized spacial score (nSPS) is 11.5. The van der Waals surface area contributed by atoms with Crippen molar-refractivity contribution < 1.29 is 21.4 Å². The molecule has 1 heterocycles. The zero-order valence-electron chi connectivity index (χ0n) is 13.2. The Morgan fingerprint density at radius 1 is 1.00 bits per heavy atom. The Morgan fingerprint density at radius 2 is 1.56 bits per heavy atom. The summed E-state index contributed by atoms with van der Waals surface area (Å²) in [6.45, 7) is 1.86. The predicted octanol–water partition coefficient (Wildman–Crippen LogP) is 3.48. The number of benzene rings is 2.